The van der Waals surface area contributed by atoms with Gasteiger partial charge in [0.2, 0.25) is 0 Å². The molecule has 0 aliphatic carbocycles. The van der Waals surface area contributed by atoms with E-state index < -0.39 is 0 Å². The fourth-order valence-corrected chi connectivity index (χ4v) is 6.04. The van der Waals surface area contributed by atoms with Crippen LogP contribution in [0.15, 0.2) is 151 Å². The number of fused-ring (bicyclic) bond motifs is 2. The number of allylic oxidation sites excluding steroid dienone is 4. The Morgan fingerprint density at radius 1 is 0.564 bits per heavy atom. The summed E-state index contributed by atoms with van der Waals surface area (Å²) < 4.78 is 1.99. The molecule has 1 aromatic heterocycles. The zero-order valence-electron chi connectivity index (χ0n) is 21.4. The minimum Gasteiger partial charge on any atom is -0.289 e. The molecule has 0 amide bonds. The Morgan fingerprint density at radius 3 is 1.72 bits per heavy atom. The summed E-state index contributed by atoms with van der Waals surface area (Å²) in [4.78, 5) is 13.8. The van der Waals surface area contributed by atoms with Crippen molar-refractivity contribution in [1.29, 1.82) is 0 Å². The average Bonchev–Trinajstić information content (AvgIpc) is 3.00. The second-order valence-corrected chi connectivity index (χ2v) is 10.5. The van der Waals surface area contributed by atoms with Crippen LogP contribution in [0.2, 0.25) is 0 Å². The van der Waals surface area contributed by atoms with Gasteiger partial charge in [-0.15, -0.1) is 11.3 Å². The number of benzene rings is 5. The molecule has 0 aliphatic heterocycles. The van der Waals surface area contributed by atoms with E-state index in [1.54, 1.807) is 17.4 Å². The van der Waals surface area contributed by atoms with E-state index in [9.17, 15) is 4.79 Å². The normalized spacial score (nSPS) is 11.5. The smallest absolute Gasteiger partial charge is 0.195 e. The zero-order chi connectivity index (χ0) is 26.8. The van der Waals surface area contributed by atoms with Crippen molar-refractivity contribution in [2.45, 2.75) is 0 Å². The first-order valence-electron chi connectivity index (χ1n) is 12.9. The molecule has 39 heavy (non-hydrogen) atoms. The van der Waals surface area contributed by atoms with E-state index in [1.807, 2.05) is 36.4 Å². The highest BCUT2D eigenvalue weighted by Gasteiger charge is 2.11. The number of hydrogen-bond acceptors (Lipinski definition) is 2. The van der Waals surface area contributed by atoms with Gasteiger partial charge in [0.25, 0.3) is 0 Å². The first-order valence-corrected chi connectivity index (χ1v) is 13.7. The molecule has 0 unspecified atom stereocenters. The molecule has 0 N–H and O–H groups in total. The first kappa shape index (κ1) is 24.5. The van der Waals surface area contributed by atoms with E-state index in [0.717, 1.165) is 59.1 Å². The summed E-state index contributed by atoms with van der Waals surface area (Å²) in [5.41, 5.74) is 8.68. The van der Waals surface area contributed by atoms with Gasteiger partial charge in [0.1, 0.15) is 0 Å². The van der Waals surface area contributed by atoms with Crippen LogP contribution in [0.4, 0.5) is 0 Å². The van der Waals surface area contributed by atoms with Gasteiger partial charge in [0.15, 0.2) is 5.43 Å². The lowest BCUT2D eigenvalue weighted by atomic mass is 9.97. The van der Waals surface area contributed by atoms with Crippen LogP contribution in [0.3, 0.4) is 0 Å². The molecule has 0 aliphatic rings. The highest BCUT2D eigenvalue weighted by Crippen LogP contribution is 2.33. The largest absolute Gasteiger partial charge is 0.289 e. The quantitative estimate of drug-likeness (QED) is 0.158. The van der Waals surface area contributed by atoms with Crippen LogP contribution in [0, 0.1) is 0 Å². The van der Waals surface area contributed by atoms with E-state index in [-0.39, 0.29) is 5.43 Å². The van der Waals surface area contributed by atoms with E-state index in [4.69, 9.17) is 0 Å². The molecule has 0 spiro atoms. The molecule has 6 rings (SSSR count). The molecule has 5 aromatic carbocycles. The SMILES string of the molecule is C=C/C=C(\C=C)c1cccc(-c2ccc3sc4ccc(-c5cccc(-c6ccccc6)c5)cc4c(=O)c3c2)c1. The predicted octanol–water partition coefficient (Wildman–Crippen LogP) is 10.2. The van der Waals surface area contributed by atoms with Crippen LogP contribution in [-0.2, 0) is 0 Å². The summed E-state index contributed by atoms with van der Waals surface area (Å²) in [6, 6.07) is 39.6. The van der Waals surface area contributed by atoms with Gasteiger partial charge in [0, 0.05) is 20.2 Å². The van der Waals surface area contributed by atoms with Gasteiger partial charge in [0.05, 0.1) is 0 Å². The number of hydrogen-bond donors (Lipinski definition) is 0. The highest BCUT2D eigenvalue weighted by molar-refractivity contribution is 7.24. The second kappa shape index (κ2) is 10.5. The Morgan fingerprint density at radius 2 is 1.10 bits per heavy atom. The molecule has 0 radical (unpaired) electrons. The lowest BCUT2D eigenvalue weighted by Gasteiger charge is -2.09. The molecule has 186 valence electrons. The second-order valence-electron chi connectivity index (χ2n) is 9.44. The Balaban J connectivity index is 1.45. The van der Waals surface area contributed by atoms with E-state index in [1.165, 1.54) is 5.56 Å². The van der Waals surface area contributed by atoms with Crippen LogP contribution < -0.4 is 5.43 Å². The van der Waals surface area contributed by atoms with Crippen LogP contribution in [0.25, 0.3) is 59.1 Å². The lowest BCUT2D eigenvalue weighted by Crippen LogP contribution is -2.01. The van der Waals surface area contributed by atoms with Gasteiger partial charge >= 0.3 is 0 Å². The summed E-state index contributed by atoms with van der Waals surface area (Å²) in [5.74, 6) is 0. The van der Waals surface area contributed by atoms with Crippen molar-refractivity contribution >= 4 is 37.1 Å². The summed E-state index contributed by atoms with van der Waals surface area (Å²) in [6.07, 6.45) is 5.54. The monoisotopic (exact) mass is 518 g/mol. The molecule has 2 heteroatoms. The maximum absolute atomic E-state index is 13.8. The molecule has 0 saturated heterocycles. The third-order valence-electron chi connectivity index (χ3n) is 7.02. The van der Waals surface area contributed by atoms with Crippen molar-refractivity contribution in [1.82, 2.24) is 0 Å². The Kier molecular flexibility index (Phi) is 6.62. The molecule has 0 atom stereocenters. The minimum absolute atomic E-state index is 0.0659. The first-order chi connectivity index (χ1) is 19.1. The van der Waals surface area contributed by atoms with E-state index in [2.05, 4.69) is 104 Å². The van der Waals surface area contributed by atoms with Crippen LogP contribution in [-0.4, -0.2) is 0 Å². The molecule has 1 heterocycles. The summed E-state index contributed by atoms with van der Waals surface area (Å²) in [7, 11) is 0. The van der Waals surface area contributed by atoms with Gasteiger partial charge < -0.3 is 0 Å². The molecular formula is C37H26OS. The number of rotatable bonds is 6. The molecule has 0 saturated carbocycles. The zero-order valence-corrected chi connectivity index (χ0v) is 22.2. The molecule has 0 bridgehead atoms. The maximum atomic E-state index is 13.8. The topological polar surface area (TPSA) is 17.1 Å². The Bertz CT molecular complexity index is 1960. The maximum Gasteiger partial charge on any atom is 0.195 e. The average molecular weight is 519 g/mol. The summed E-state index contributed by atoms with van der Waals surface area (Å²) >= 11 is 1.66. The summed E-state index contributed by atoms with van der Waals surface area (Å²) in [5, 5.41) is 1.50. The van der Waals surface area contributed by atoms with Gasteiger partial charge in [-0.25, -0.2) is 0 Å². The third kappa shape index (κ3) is 4.79. The van der Waals surface area contributed by atoms with Crippen LogP contribution in [0.5, 0.6) is 0 Å². The van der Waals surface area contributed by atoms with Crippen LogP contribution in [0.1, 0.15) is 5.56 Å². The highest BCUT2D eigenvalue weighted by atomic mass is 32.1. The van der Waals surface area contributed by atoms with E-state index >= 15 is 0 Å². The standard InChI is InChI=1S/C37H26OS/c1-3-10-25(4-2)27-13-8-15-29(21-27)31-17-19-35-33(23-31)37(38)34-24-32(18-20-36(34)39-35)30-16-9-14-28(22-30)26-11-6-5-7-12-26/h3-24H,1-2H2/b25-10+. The molecule has 1 nitrogen and oxygen atoms in total. The molecule has 0 fully saturated rings. The Labute approximate surface area is 232 Å². The van der Waals surface area contributed by atoms with Crippen molar-refractivity contribution in [3.05, 3.63) is 162 Å². The van der Waals surface area contributed by atoms with Crippen molar-refractivity contribution in [3.63, 3.8) is 0 Å². The van der Waals surface area contributed by atoms with Crippen molar-refractivity contribution in [2.24, 2.45) is 0 Å². The van der Waals surface area contributed by atoms with Gasteiger partial charge in [-0.1, -0.05) is 110 Å². The third-order valence-corrected chi connectivity index (χ3v) is 8.17. The predicted molar refractivity (Wildman–Crippen MR) is 170 cm³/mol. The van der Waals surface area contributed by atoms with Crippen molar-refractivity contribution in [3.8, 4) is 33.4 Å². The molecule has 6 aromatic rings. The minimum atomic E-state index is 0.0659. The Hall–Kier alpha value is -4.79. The fourth-order valence-electron chi connectivity index (χ4n) is 5.01. The summed E-state index contributed by atoms with van der Waals surface area (Å²) in [6.45, 7) is 7.74. The lowest BCUT2D eigenvalue weighted by molar-refractivity contribution is 1.59. The van der Waals surface area contributed by atoms with Crippen molar-refractivity contribution < 1.29 is 0 Å². The van der Waals surface area contributed by atoms with Gasteiger partial charge in [-0.2, -0.15) is 0 Å². The van der Waals surface area contributed by atoms with E-state index in [0.29, 0.717) is 0 Å². The molecular weight excluding hydrogens is 492 g/mol. The van der Waals surface area contributed by atoms with Crippen molar-refractivity contribution in [2.75, 3.05) is 0 Å². The van der Waals surface area contributed by atoms with Gasteiger partial charge in [-0.05, 0) is 80.9 Å². The fraction of sp³-hybridized carbons (Fsp3) is 0. The van der Waals surface area contributed by atoms with Crippen LogP contribution >= 0.6 is 11.3 Å². The van der Waals surface area contributed by atoms with Gasteiger partial charge in [-0.3, -0.25) is 4.79 Å².